The topological polar surface area (TPSA) is 21.3 Å². The molecule has 1 unspecified atom stereocenters. The maximum atomic E-state index is 5.85. The van der Waals surface area contributed by atoms with Crippen molar-refractivity contribution in [3.63, 3.8) is 0 Å². The van der Waals surface area contributed by atoms with Gasteiger partial charge in [-0.1, -0.05) is 30.7 Å². The summed E-state index contributed by atoms with van der Waals surface area (Å²) in [6, 6.07) is 7.00. The number of hydrogen-bond donors (Lipinski definition) is 1. The predicted molar refractivity (Wildman–Crippen MR) is 75.9 cm³/mol. The number of likely N-dealkylation sites (N-methyl/N-ethyl adjacent to an activating group) is 1. The van der Waals surface area contributed by atoms with Crippen LogP contribution >= 0.6 is 0 Å². The summed E-state index contributed by atoms with van der Waals surface area (Å²) >= 11 is 0. The van der Waals surface area contributed by atoms with Crippen molar-refractivity contribution < 1.29 is 4.74 Å². The van der Waals surface area contributed by atoms with Crippen LogP contribution in [0.4, 0.5) is 0 Å². The lowest BCUT2D eigenvalue weighted by Gasteiger charge is -2.20. The Morgan fingerprint density at radius 1 is 1.33 bits per heavy atom. The highest BCUT2D eigenvalue weighted by Gasteiger charge is 2.22. The first-order valence-electron chi connectivity index (χ1n) is 7.09. The van der Waals surface area contributed by atoms with Crippen molar-refractivity contribution in [3.05, 3.63) is 34.9 Å². The lowest BCUT2D eigenvalue weighted by Crippen LogP contribution is -2.26. The Morgan fingerprint density at radius 2 is 2.11 bits per heavy atom. The van der Waals surface area contributed by atoms with Gasteiger partial charge >= 0.3 is 0 Å². The van der Waals surface area contributed by atoms with Crippen molar-refractivity contribution in [2.24, 2.45) is 5.92 Å². The molecule has 0 bridgehead atoms. The molecule has 1 aliphatic rings. The molecule has 18 heavy (non-hydrogen) atoms. The average molecular weight is 247 g/mol. The number of nitrogens with one attached hydrogen (secondary N) is 1. The molecule has 1 aromatic rings. The van der Waals surface area contributed by atoms with Crippen molar-refractivity contribution in [2.45, 2.75) is 39.7 Å². The highest BCUT2D eigenvalue weighted by molar-refractivity contribution is 5.32. The minimum atomic E-state index is 0.328. The Kier molecular flexibility index (Phi) is 4.79. The maximum Gasteiger partial charge on any atom is 0.0661 e. The average Bonchev–Trinajstić information content (AvgIpc) is 3.12. The zero-order chi connectivity index (χ0) is 13.0. The third kappa shape index (κ3) is 3.82. The van der Waals surface area contributed by atoms with Gasteiger partial charge in [0.05, 0.1) is 12.6 Å². The Bertz CT molecular complexity index is 385. The molecule has 0 amide bonds. The molecule has 1 fully saturated rings. The van der Waals surface area contributed by atoms with Crippen LogP contribution in [0.25, 0.3) is 0 Å². The van der Waals surface area contributed by atoms with Crippen LogP contribution in [0.2, 0.25) is 0 Å². The van der Waals surface area contributed by atoms with E-state index >= 15 is 0 Å². The summed E-state index contributed by atoms with van der Waals surface area (Å²) in [4.78, 5) is 0. The lowest BCUT2D eigenvalue weighted by atomic mass is 9.99. The molecular weight excluding hydrogens is 222 g/mol. The van der Waals surface area contributed by atoms with Crippen LogP contribution in [0.1, 0.15) is 42.5 Å². The molecular formula is C16H25NO. The molecule has 0 heterocycles. The van der Waals surface area contributed by atoms with Gasteiger partial charge in [0.2, 0.25) is 0 Å². The Labute approximate surface area is 111 Å². The summed E-state index contributed by atoms with van der Waals surface area (Å²) in [6.45, 7) is 9.18. The Balaban J connectivity index is 1.97. The van der Waals surface area contributed by atoms with E-state index in [1.165, 1.54) is 29.5 Å². The molecule has 2 heteroatoms. The fourth-order valence-corrected chi connectivity index (χ4v) is 2.36. The molecule has 0 saturated heterocycles. The zero-order valence-corrected chi connectivity index (χ0v) is 11.8. The van der Waals surface area contributed by atoms with E-state index in [0.717, 1.165) is 25.7 Å². The zero-order valence-electron chi connectivity index (χ0n) is 11.8. The number of rotatable bonds is 7. The molecule has 2 rings (SSSR count). The van der Waals surface area contributed by atoms with E-state index in [1.807, 2.05) is 0 Å². The van der Waals surface area contributed by atoms with Gasteiger partial charge in [0.25, 0.3) is 0 Å². The number of benzene rings is 1. The minimum Gasteiger partial charge on any atom is -0.379 e. The molecule has 1 saturated carbocycles. The van der Waals surface area contributed by atoms with Crippen LogP contribution in [-0.2, 0) is 4.74 Å². The summed E-state index contributed by atoms with van der Waals surface area (Å²) in [7, 11) is 0. The molecule has 0 radical (unpaired) electrons. The van der Waals surface area contributed by atoms with Gasteiger partial charge in [-0.05, 0) is 50.3 Å². The summed E-state index contributed by atoms with van der Waals surface area (Å²) in [5.74, 6) is 0.839. The third-order valence-electron chi connectivity index (χ3n) is 3.59. The fraction of sp³-hybridized carbons (Fsp3) is 0.625. The first-order chi connectivity index (χ1) is 8.70. The van der Waals surface area contributed by atoms with Gasteiger partial charge in [-0.25, -0.2) is 0 Å². The predicted octanol–water partition coefficient (Wildman–Crippen LogP) is 3.38. The standard InChI is InChI=1S/C16H25NO/c1-4-17-16(11-18-10-14-6-7-14)15-8-5-12(2)9-13(15)3/h5,8-9,14,16-17H,4,6-7,10-11H2,1-3H3. The van der Waals surface area contributed by atoms with Crippen molar-refractivity contribution in [3.8, 4) is 0 Å². The summed E-state index contributed by atoms with van der Waals surface area (Å²) in [5, 5.41) is 3.53. The summed E-state index contributed by atoms with van der Waals surface area (Å²) in [6.07, 6.45) is 2.71. The van der Waals surface area contributed by atoms with Gasteiger partial charge in [0, 0.05) is 6.61 Å². The van der Waals surface area contributed by atoms with Gasteiger partial charge in [-0.2, -0.15) is 0 Å². The minimum absolute atomic E-state index is 0.328. The van der Waals surface area contributed by atoms with E-state index < -0.39 is 0 Å². The van der Waals surface area contributed by atoms with E-state index in [1.54, 1.807) is 0 Å². The van der Waals surface area contributed by atoms with E-state index in [2.05, 4.69) is 44.3 Å². The molecule has 1 aliphatic carbocycles. The molecule has 2 nitrogen and oxygen atoms in total. The van der Waals surface area contributed by atoms with Gasteiger partial charge in [0.1, 0.15) is 0 Å². The van der Waals surface area contributed by atoms with Crippen LogP contribution < -0.4 is 5.32 Å². The van der Waals surface area contributed by atoms with Crippen molar-refractivity contribution >= 4 is 0 Å². The molecule has 0 spiro atoms. The second-order valence-electron chi connectivity index (χ2n) is 5.45. The SMILES string of the molecule is CCNC(COCC1CC1)c1ccc(C)cc1C. The first kappa shape index (κ1) is 13.6. The van der Waals surface area contributed by atoms with Crippen molar-refractivity contribution in [2.75, 3.05) is 19.8 Å². The second kappa shape index (κ2) is 6.35. The third-order valence-corrected chi connectivity index (χ3v) is 3.59. The number of hydrogen-bond acceptors (Lipinski definition) is 2. The molecule has 1 atom stereocenters. The Hall–Kier alpha value is -0.860. The van der Waals surface area contributed by atoms with E-state index in [0.29, 0.717) is 6.04 Å². The molecule has 100 valence electrons. The van der Waals surface area contributed by atoms with Crippen molar-refractivity contribution in [1.82, 2.24) is 5.32 Å². The van der Waals surface area contributed by atoms with E-state index in [9.17, 15) is 0 Å². The largest absolute Gasteiger partial charge is 0.379 e. The lowest BCUT2D eigenvalue weighted by molar-refractivity contribution is 0.103. The van der Waals surface area contributed by atoms with Crippen LogP contribution in [-0.4, -0.2) is 19.8 Å². The highest BCUT2D eigenvalue weighted by Crippen LogP contribution is 2.29. The fourth-order valence-electron chi connectivity index (χ4n) is 2.36. The first-order valence-corrected chi connectivity index (χ1v) is 7.09. The van der Waals surface area contributed by atoms with E-state index in [4.69, 9.17) is 4.74 Å². The molecule has 1 N–H and O–H groups in total. The highest BCUT2D eigenvalue weighted by atomic mass is 16.5. The van der Waals surface area contributed by atoms with E-state index in [-0.39, 0.29) is 0 Å². The van der Waals surface area contributed by atoms with Crippen LogP contribution in [0.15, 0.2) is 18.2 Å². The molecule has 1 aromatic carbocycles. The number of aryl methyl sites for hydroxylation is 2. The quantitative estimate of drug-likeness (QED) is 0.797. The molecule has 0 aliphatic heterocycles. The van der Waals surface area contributed by atoms with Gasteiger partial charge < -0.3 is 10.1 Å². The summed E-state index contributed by atoms with van der Waals surface area (Å²) in [5.41, 5.74) is 4.06. The van der Waals surface area contributed by atoms with Crippen LogP contribution in [0.3, 0.4) is 0 Å². The van der Waals surface area contributed by atoms with Gasteiger partial charge in [-0.3, -0.25) is 0 Å². The van der Waals surface area contributed by atoms with Crippen LogP contribution in [0, 0.1) is 19.8 Å². The smallest absolute Gasteiger partial charge is 0.0661 e. The normalized spacial score (nSPS) is 16.8. The Morgan fingerprint density at radius 3 is 2.72 bits per heavy atom. The monoisotopic (exact) mass is 247 g/mol. The summed E-state index contributed by atoms with van der Waals surface area (Å²) < 4.78 is 5.85. The van der Waals surface area contributed by atoms with Gasteiger partial charge in [0.15, 0.2) is 0 Å². The van der Waals surface area contributed by atoms with Gasteiger partial charge in [-0.15, -0.1) is 0 Å². The van der Waals surface area contributed by atoms with Crippen LogP contribution in [0.5, 0.6) is 0 Å². The second-order valence-corrected chi connectivity index (χ2v) is 5.45. The van der Waals surface area contributed by atoms with Crippen molar-refractivity contribution in [1.29, 1.82) is 0 Å². The maximum absolute atomic E-state index is 5.85. The number of ether oxygens (including phenoxy) is 1. The molecule has 0 aromatic heterocycles.